The van der Waals surface area contributed by atoms with Crippen LogP contribution in [0.4, 0.5) is 11.8 Å². The van der Waals surface area contributed by atoms with E-state index in [0.717, 1.165) is 13.0 Å². The molecular weight excluding hydrogens is 208 g/mol. The van der Waals surface area contributed by atoms with Crippen LogP contribution in [0, 0.1) is 0 Å². The van der Waals surface area contributed by atoms with E-state index in [1.165, 1.54) is 6.20 Å². The lowest BCUT2D eigenvalue weighted by molar-refractivity contribution is 0.953. The Morgan fingerprint density at radius 2 is 2.31 bits per heavy atom. The molecule has 0 aromatic carbocycles. The molecule has 0 unspecified atom stereocenters. The number of aromatic nitrogens is 4. The summed E-state index contributed by atoms with van der Waals surface area (Å²) in [5.74, 6) is 0.575. The summed E-state index contributed by atoms with van der Waals surface area (Å²) in [6, 6.07) is 0. The molecule has 0 saturated carbocycles. The minimum absolute atomic E-state index is 0.159. The molecule has 0 saturated heterocycles. The Labute approximate surface area is 91.1 Å². The number of H-pyrrole nitrogens is 1. The van der Waals surface area contributed by atoms with Gasteiger partial charge < -0.3 is 11.1 Å². The Morgan fingerprint density at radius 1 is 1.50 bits per heavy atom. The predicted molar refractivity (Wildman–Crippen MR) is 61.1 cm³/mol. The smallest absolute Gasteiger partial charge is 0.277 e. The molecule has 16 heavy (non-hydrogen) atoms. The molecule has 0 bridgehead atoms. The van der Waals surface area contributed by atoms with Crippen LogP contribution in [0.25, 0.3) is 10.9 Å². The van der Waals surface area contributed by atoms with Crippen LogP contribution in [0.15, 0.2) is 11.0 Å². The Morgan fingerprint density at radius 3 is 3.06 bits per heavy atom. The zero-order valence-corrected chi connectivity index (χ0v) is 8.82. The van der Waals surface area contributed by atoms with Gasteiger partial charge in [-0.25, -0.2) is 10.1 Å². The third kappa shape index (κ3) is 1.79. The minimum Gasteiger partial charge on any atom is -0.383 e. The zero-order chi connectivity index (χ0) is 11.5. The van der Waals surface area contributed by atoms with Crippen LogP contribution >= 0.6 is 0 Å². The first-order chi connectivity index (χ1) is 7.72. The van der Waals surface area contributed by atoms with Crippen molar-refractivity contribution in [2.45, 2.75) is 13.3 Å². The van der Waals surface area contributed by atoms with Gasteiger partial charge in [-0.05, 0) is 6.42 Å². The highest BCUT2D eigenvalue weighted by atomic mass is 16.1. The number of rotatable bonds is 3. The van der Waals surface area contributed by atoms with Crippen molar-refractivity contribution in [3.8, 4) is 0 Å². The van der Waals surface area contributed by atoms with Crippen molar-refractivity contribution in [1.82, 2.24) is 20.2 Å². The molecule has 0 fully saturated rings. The van der Waals surface area contributed by atoms with Gasteiger partial charge in [-0.3, -0.25) is 4.79 Å². The van der Waals surface area contributed by atoms with E-state index in [-0.39, 0.29) is 16.8 Å². The summed E-state index contributed by atoms with van der Waals surface area (Å²) in [4.78, 5) is 19.6. The largest absolute Gasteiger partial charge is 0.383 e. The molecular formula is C9H12N6O. The van der Waals surface area contributed by atoms with Crippen LogP contribution in [-0.4, -0.2) is 26.7 Å². The van der Waals surface area contributed by atoms with Gasteiger partial charge in [0.2, 0.25) is 5.95 Å². The average Bonchev–Trinajstić information content (AvgIpc) is 2.26. The van der Waals surface area contributed by atoms with E-state index in [4.69, 9.17) is 5.73 Å². The molecule has 0 spiro atoms. The summed E-state index contributed by atoms with van der Waals surface area (Å²) >= 11 is 0. The Hall–Kier alpha value is -2.18. The number of fused-ring (bicyclic) bond motifs is 1. The van der Waals surface area contributed by atoms with Crippen molar-refractivity contribution in [1.29, 1.82) is 0 Å². The zero-order valence-electron chi connectivity index (χ0n) is 8.82. The molecule has 2 rings (SSSR count). The summed E-state index contributed by atoms with van der Waals surface area (Å²) in [7, 11) is 0. The van der Waals surface area contributed by atoms with Gasteiger partial charge in [0.15, 0.2) is 0 Å². The van der Waals surface area contributed by atoms with Crippen LogP contribution in [0.2, 0.25) is 0 Å². The van der Waals surface area contributed by atoms with Gasteiger partial charge in [0.25, 0.3) is 5.56 Å². The van der Waals surface area contributed by atoms with E-state index in [1.807, 2.05) is 6.92 Å². The van der Waals surface area contributed by atoms with Crippen LogP contribution < -0.4 is 16.6 Å². The topological polar surface area (TPSA) is 110 Å². The predicted octanol–water partition coefficient (Wildman–Crippen LogP) is 0.117. The minimum atomic E-state index is -0.378. The monoisotopic (exact) mass is 220 g/mol. The van der Waals surface area contributed by atoms with E-state index < -0.39 is 0 Å². The number of aromatic amines is 1. The molecule has 0 radical (unpaired) electrons. The van der Waals surface area contributed by atoms with E-state index in [2.05, 4.69) is 25.5 Å². The number of nitrogen functional groups attached to an aromatic ring is 1. The number of anilines is 2. The lowest BCUT2D eigenvalue weighted by atomic mass is 10.3. The molecule has 2 aromatic rings. The van der Waals surface area contributed by atoms with Crippen molar-refractivity contribution in [2.24, 2.45) is 0 Å². The number of hydrogen-bond acceptors (Lipinski definition) is 6. The van der Waals surface area contributed by atoms with Gasteiger partial charge >= 0.3 is 0 Å². The van der Waals surface area contributed by atoms with E-state index >= 15 is 0 Å². The maximum Gasteiger partial charge on any atom is 0.277 e. The van der Waals surface area contributed by atoms with Crippen LogP contribution in [0.1, 0.15) is 13.3 Å². The molecule has 0 aliphatic carbocycles. The van der Waals surface area contributed by atoms with Crippen molar-refractivity contribution in [3.63, 3.8) is 0 Å². The SMILES string of the molecule is CCCNc1nc(N)c2c(=O)[nH]ncc2n1. The molecule has 84 valence electrons. The fourth-order valence-electron chi connectivity index (χ4n) is 1.35. The van der Waals surface area contributed by atoms with Crippen molar-refractivity contribution >= 4 is 22.7 Å². The second-order valence-corrected chi connectivity index (χ2v) is 3.32. The highest BCUT2D eigenvalue weighted by Gasteiger charge is 2.08. The standard InChI is InChI=1S/C9H12N6O/c1-2-3-11-9-13-5-4-12-15-8(16)6(5)7(10)14-9/h4H,2-3H2,1H3,(H,15,16)(H3,10,11,13,14). The fraction of sp³-hybridized carbons (Fsp3) is 0.333. The summed E-state index contributed by atoms with van der Waals surface area (Å²) in [6.07, 6.45) is 2.40. The third-order valence-electron chi connectivity index (χ3n) is 2.08. The van der Waals surface area contributed by atoms with Crippen molar-refractivity contribution in [2.75, 3.05) is 17.6 Å². The first kappa shape index (κ1) is 10.3. The molecule has 0 aliphatic rings. The molecule has 0 atom stereocenters. The summed E-state index contributed by atoms with van der Waals surface area (Å²) in [5, 5.41) is 9.24. The van der Waals surface area contributed by atoms with Gasteiger partial charge in [-0.2, -0.15) is 10.1 Å². The Balaban J connectivity index is 2.55. The Bertz CT molecular complexity index is 563. The molecule has 2 aromatic heterocycles. The second-order valence-electron chi connectivity index (χ2n) is 3.32. The number of nitrogens with zero attached hydrogens (tertiary/aromatic N) is 3. The number of nitrogens with one attached hydrogen (secondary N) is 2. The average molecular weight is 220 g/mol. The number of nitrogens with two attached hydrogens (primary N) is 1. The Kier molecular flexibility index (Phi) is 2.67. The highest BCUT2D eigenvalue weighted by Crippen LogP contribution is 2.13. The summed E-state index contributed by atoms with van der Waals surface area (Å²) < 4.78 is 0. The second kappa shape index (κ2) is 4.13. The molecule has 7 heteroatoms. The van der Waals surface area contributed by atoms with Crippen LogP contribution in [-0.2, 0) is 0 Å². The quantitative estimate of drug-likeness (QED) is 0.677. The maximum atomic E-state index is 11.4. The lowest BCUT2D eigenvalue weighted by Gasteiger charge is -2.05. The van der Waals surface area contributed by atoms with Crippen LogP contribution in [0.3, 0.4) is 0 Å². The van der Waals surface area contributed by atoms with E-state index in [9.17, 15) is 4.79 Å². The summed E-state index contributed by atoms with van der Waals surface area (Å²) in [5.41, 5.74) is 5.75. The first-order valence-corrected chi connectivity index (χ1v) is 4.97. The number of hydrogen-bond donors (Lipinski definition) is 3. The van der Waals surface area contributed by atoms with Gasteiger partial charge in [0.05, 0.1) is 6.20 Å². The highest BCUT2D eigenvalue weighted by molar-refractivity contribution is 5.87. The van der Waals surface area contributed by atoms with Gasteiger partial charge in [-0.1, -0.05) is 6.92 Å². The molecule has 7 nitrogen and oxygen atoms in total. The molecule has 4 N–H and O–H groups in total. The normalized spacial score (nSPS) is 10.6. The van der Waals surface area contributed by atoms with E-state index in [1.54, 1.807) is 0 Å². The van der Waals surface area contributed by atoms with Crippen LogP contribution in [0.5, 0.6) is 0 Å². The summed E-state index contributed by atoms with van der Waals surface area (Å²) in [6.45, 7) is 2.78. The molecule has 0 amide bonds. The van der Waals surface area contributed by atoms with Crippen molar-refractivity contribution in [3.05, 3.63) is 16.6 Å². The van der Waals surface area contributed by atoms with Gasteiger partial charge in [-0.15, -0.1) is 0 Å². The van der Waals surface area contributed by atoms with Gasteiger partial charge in [0.1, 0.15) is 16.7 Å². The van der Waals surface area contributed by atoms with E-state index in [0.29, 0.717) is 11.5 Å². The third-order valence-corrected chi connectivity index (χ3v) is 2.08. The fourth-order valence-corrected chi connectivity index (χ4v) is 1.35. The molecule has 2 heterocycles. The lowest BCUT2D eigenvalue weighted by Crippen LogP contribution is -2.14. The maximum absolute atomic E-state index is 11.4. The molecule has 0 aliphatic heterocycles. The first-order valence-electron chi connectivity index (χ1n) is 4.97. The van der Waals surface area contributed by atoms with Gasteiger partial charge in [0, 0.05) is 6.54 Å². The van der Waals surface area contributed by atoms with Crippen molar-refractivity contribution < 1.29 is 0 Å².